The minimum Gasteiger partial charge on any atom is -0.493 e. The summed E-state index contributed by atoms with van der Waals surface area (Å²) >= 11 is 0. The van der Waals surface area contributed by atoms with Crippen molar-refractivity contribution < 1.29 is 19.1 Å². The zero-order valence-electron chi connectivity index (χ0n) is 19.2. The van der Waals surface area contributed by atoms with Gasteiger partial charge >= 0.3 is 5.69 Å². The molecule has 6 heteroatoms. The van der Waals surface area contributed by atoms with Gasteiger partial charge in [0.05, 0.1) is 31.8 Å². The molecule has 6 nitrogen and oxygen atoms in total. The molecule has 0 amide bonds. The molecular formula is C24H41NO5. The van der Waals surface area contributed by atoms with Gasteiger partial charge in [-0.25, -0.2) is 0 Å². The number of rotatable bonds is 19. The zero-order chi connectivity index (χ0) is 22.0. The van der Waals surface area contributed by atoms with Crippen molar-refractivity contribution in [1.82, 2.24) is 0 Å². The second kappa shape index (κ2) is 16.8. The van der Waals surface area contributed by atoms with Gasteiger partial charge in [-0.05, 0) is 6.42 Å². The van der Waals surface area contributed by atoms with Crippen LogP contribution in [-0.4, -0.2) is 25.7 Å². The molecule has 0 aliphatic rings. The van der Waals surface area contributed by atoms with Gasteiger partial charge in [0.1, 0.15) is 0 Å². The van der Waals surface area contributed by atoms with Gasteiger partial charge in [-0.2, -0.15) is 0 Å². The molecule has 1 rings (SSSR count). The van der Waals surface area contributed by atoms with Crippen LogP contribution in [0.25, 0.3) is 0 Å². The van der Waals surface area contributed by atoms with Crippen LogP contribution in [-0.2, 0) is 0 Å². The summed E-state index contributed by atoms with van der Waals surface area (Å²) in [6.45, 7) is 2.73. The zero-order valence-corrected chi connectivity index (χ0v) is 19.2. The van der Waals surface area contributed by atoms with Crippen molar-refractivity contribution in [2.45, 2.75) is 96.8 Å². The van der Waals surface area contributed by atoms with E-state index in [0.29, 0.717) is 18.1 Å². The van der Waals surface area contributed by atoms with Gasteiger partial charge in [0.25, 0.3) is 0 Å². The largest absolute Gasteiger partial charge is 0.493 e. The van der Waals surface area contributed by atoms with Crippen molar-refractivity contribution in [3.8, 4) is 17.2 Å². The maximum absolute atomic E-state index is 11.3. The van der Waals surface area contributed by atoms with Crippen LogP contribution in [0.5, 0.6) is 17.2 Å². The summed E-state index contributed by atoms with van der Waals surface area (Å²) in [6.07, 6.45) is 18.1. The molecule has 0 heterocycles. The van der Waals surface area contributed by atoms with Crippen LogP contribution < -0.4 is 14.2 Å². The highest BCUT2D eigenvalue weighted by Crippen LogP contribution is 2.39. The minimum absolute atomic E-state index is 0.0991. The van der Waals surface area contributed by atoms with E-state index in [1.807, 2.05) is 0 Å². The monoisotopic (exact) mass is 423 g/mol. The lowest BCUT2D eigenvalue weighted by Gasteiger charge is -2.11. The summed E-state index contributed by atoms with van der Waals surface area (Å²) in [5.74, 6) is 0.986. The maximum Gasteiger partial charge on any atom is 0.314 e. The number of nitro groups is 1. The average molecular weight is 424 g/mol. The Kier molecular flexibility index (Phi) is 14.6. The van der Waals surface area contributed by atoms with Crippen molar-refractivity contribution in [3.05, 3.63) is 22.2 Å². The molecule has 30 heavy (non-hydrogen) atoms. The third-order valence-electron chi connectivity index (χ3n) is 5.42. The number of hydrogen-bond donors (Lipinski definition) is 0. The molecule has 0 spiro atoms. The van der Waals surface area contributed by atoms with Crippen LogP contribution in [0.1, 0.15) is 96.8 Å². The van der Waals surface area contributed by atoms with E-state index in [2.05, 4.69) is 6.92 Å². The highest BCUT2D eigenvalue weighted by Gasteiger charge is 2.20. The molecule has 0 aliphatic carbocycles. The second-order valence-corrected chi connectivity index (χ2v) is 7.88. The third kappa shape index (κ3) is 10.7. The molecule has 0 bridgehead atoms. The van der Waals surface area contributed by atoms with Gasteiger partial charge in [0.2, 0.25) is 5.75 Å². The van der Waals surface area contributed by atoms with Gasteiger partial charge in [-0.1, -0.05) is 90.4 Å². The van der Waals surface area contributed by atoms with Crippen molar-refractivity contribution in [2.75, 3.05) is 20.8 Å². The Labute approximate surface area is 182 Å². The quantitative estimate of drug-likeness (QED) is 0.131. The van der Waals surface area contributed by atoms with Crippen LogP contribution in [0, 0.1) is 10.1 Å². The first-order valence-electron chi connectivity index (χ1n) is 11.7. The number of ether oxygens (including phenoxy) is 3. The smallest absolute Gasteiger partial charge is 0.314 e. The molecule has 0 radical (unpaired) electrons. The van der Waals surface area contributed by atoms with Crippen LogP contribution in [0.3, 0.4) is 0 Å². The molecule has 0 fully saturated rings. The van der Waals surface area contributed by atoms with E-state index in [1.165, 1.54) is 103 Å². The van der Waals surface area contributed by atoms with Crippen molar-refractivity contribution >= 4 is 5.69 Å². The van der Waals surface area contributed by atoms with Gasteiger partial charge in [-0.3, -0.25) is 10.1 Å². The molecule has 172 valence electrons. The van der Waals surface area contributed by atoms with Crippen molar-refractivity contribution in [3.63, 3.8) is 0 Å². The molecule has 1 aromatic carbocycles. The Morgan fingerprint density at radius 1 is 0.700 bits per heavy atom. The molecular weight excluding hydrogens is 382 g/mol. The lowest BCUT2D eigenvalue weighted by molar-refractivity contribution is -0.386. The summed E-state index contributed by atoms with van der Waals surface area (Å²) < 4.78 is 16.0. The number of hydrogen-bond acceptors (Lipinski definition) is 5. The summed E-state index contributed by atoms with van der Waals surface area (Å²) in [5.41, 5.74) is -0.0991. The van der Waals surface area contributed by atoms with E-state index >= 15 is 0 Å². The highest BCUT2D eigenvalue weighted by atomic mass is 16.6. The first-order chi connectivity index (χ1) is 14.6. The predicted octanol–water partition coefficient (Wildman–Crippen LogP) is 7.47. The topological polar surface area (TPSA) is 70.8 Å². The Hall–Kier alpha value is -1.98. The fourth-order valence-corrected chi connectivity index (χ4v) is 3.59. The third-order valence-corrected chi connectivity index (χ3v) is 5.42. The van der Waals surface area contributed by atoms with E-state index in [9.17, 15) is 10.1 Å². The number of methoxy groups -OCH3 is 2. The second-order valence-electron chi connectivity index (χ2n) is 7.88. The summed E-state index contributed by atoms with van der Waals surface area (Å²) in [5, 5.41) is 11.3. The number of benzene rings is 1. The Balaban J connectivity index is 2.11. The molecule has 0 saturated heterocycles. The van der Waals surface area contributed by atoms with E-state index in [1.54, 1.807) is 0 Å². The average Bonchev–Trinajstić information content (AvgIpc) is 2.75. The first kappa shape index (κ1) is 26.1. The molecule has 1 aromatic rings. The maximum atomic E-state index is 11.3. The van der Waals surface area contributed by atoms with Crippen LogP contribution >= 0.6 is 0 Å². The van der Waals surface area contributed by atoms with E-state index in [4.69, 9.17) is 14.2 Å². The van der Waals surface area contributed by atoms with Gasteiger partial charge < -0.3 is 14.2 Å². The van der Waals surface area contributed by atoms with Crippen LogP contribution in [0.2, 0.25) is 0 Å². The highest BCUT2D eigenvalue weighted by molar-refractivity contribution is 5.58. The SMILES string of the molecule is CCCCCCCCCCCCCCCCOc1cc(OC)c(OC)cc1[N+](=O)[O-]. The summed E-state index contributed by atoms with van der Waals surface area (Å²) in [6, 6.07) is 2.88. The van der Waals surface area contributed by atoms with E-state index in [-0.39, 0.29) is 11.4 Å². The molecule has 0 unspecified atom stereocenters. The normalized spacial score (nSPS) is 10.8. The lowest BCUT2D eigenvalue weighted by atomic mass is 10.0. The van der Waals surface area contributed by atoms with Crippen molar-refractivity contribution in [1.29, 1.82) is 0 Å². The number of nitrogens with zero attached hydrogens (tertiary/aromatic N) is 1. The van der Waals surface area contributed by atoms with Crippen LogP contribution in [0.4, 0.5) is 5.69 Å². The molecule has 0 aliphatic heterocycles. The standard InChI is InChI=1S/C24H41NO5/c1-4-5-6-7-8-9-10-11-12-13-14-15-16-17-18-30-22-20-24(29-3)23(28-2)19-21(22)25(26)27/h19-20H,4-18H2,1-3H3. The number of unbranched alkanes of at least 4 members (excludes halogenated alkanes) is 13. The van der Waals surface area contributed by atoms with Gasteiger partial charge in [0.15, 0.2) is 11.5 Å². The Bertz CT molecular complexity index is 591. The fraction of sp³-hybridized carbons (Fsp3) is 0.750. The number of nitro benzene ring substituents is 1. The minimum atomic E-state index is -0.456. The predicted molar refractivity (Wildman–Crippen MR) is 122 cm³/mol. The van der Waals surface area contributed by atoms with Crippen molar-refractivity contribution in [2.24, 2.45) is 0 Å². The Morgan fingerprint density at radius 3 is 1.57 bits per heavy atom. The van der Waals surface area contributed by atoms with E-state index < -0.39 is 4.92 Å². The Morgan fingerprint density at radius 2 is 1.13 bits per heavy atom. The fourth-order valence-electron chi connectivity index (χ4n) is 3.59. The summed E-state index contributed by atoms with van der Waals surface area (Å²) in [4.78, 5) is 10.8. The molecule has 0 saturated carbocycles. The van der Waals surface area contributed by atoms with Gasteiger partial charge in [0, 0.05) is 6.07 Å². The molecule has 0 aromatic heterocycles. The molecule has 0 N–H and O–H groups in total. The van der Waals surface area contributed by atoms with Gasteiger partial charge in [-0.15, -0.1) is 0 Å². The lowest BCUT2D eigenvalue weighted by Crippen LogP contribution is -2.02. The van der Waals surface area contributed by atoms with E-state index in [0.717, 1.165) is 12.8 Å². The van der Waals surface area contributed by atoms with Crippen LogP contribution in [0.15, 0.2) is 12.1 Å². The first-order valence-corrected chi connectivity index (χ1v) is 11.7. The summed E-state index contributed by atoms with van der Waals surface area (Å²) in [7, 11) is 2.96. The molecule has 0 atom stereocenters.